The number of hydrogen-bond donors (Lipinski definition) is 2. The van der Waals surface area contributed by atoms with E-state index in [0.29, 0.717) is 17.2 Å². The van der Waals surface area contributed by atoms with Gasteiger partial charge in [-0.2, -0.15) is 10.2 Å². The molecule has 5 aromatic rings. The zero-order valence-corrected chi connectivity index (χ0v) is 16.5. The molecule has 0 amide bonds. The van der Waals surface area contributed by atoms with Crippen molar-refractivity contribution < 1.29 is 4.74 Å². The highest BCUT2D eigenvalue weighted by atomic mass is 16.5. The fourth-order valence-electron chi connectivity index (χ4n) is 3.43. The van der Waals surface area contributed by atoms with Gasteiger partial charge < -0.3 is 10.1 Å². The van der Waals surface area contributed by atoms with Gasteiger partial charge in [0.2, 0.25) is 0 Å². The number of fused-ring (bicyclic) bond motifs is 1. The van der Waals surface area contributed by atoms with Crippen molar-refractivity contribution in [3.8, 4) is 28.3 Å². The smallest absolute Gasteiger partial charge is 0.186 e. The van der Waals surface area contributed by atoms with Gasteiger partial charge in [0.05, 0.1) is 23.9 Å². The van der Waals surface area contributed by atoms with Gasteiger partial charge in [0, 0.05) is 13.2 Å². The second-order valence-electron chi connectivity index (χ2n) is 6.80. The summed E-state index contributed by atoms with van der Waals surface area (Å²) in [6, 6.07) is 18.1. The third-order valence-electron chi connectivity index (χ3n) is 4.88. The second-order valence-corrected chi connectivity index (χ2v) is 6.80. The molecule has 5 rings (SSSR count). The monoisotopic (exact) mass is 397 g/mol. The Hall–Kier alpha value is -4.20. The summed E-state index contributed by atoms with van der Waals surface area (Å²) >= 11 is 0. The number of aryl methyl sites for hydroxylation is 1. The highest BCUT2D eigenvalue weighted by molar-refractivity contribution is 5.99. The van der Waals surface area contributed by atoms with Crippen molar-refractivity contribution >= 4 is 22.5 Å². The molecule has 0 radical (unpaired) electrons. The molecule has 0 unspecified atom stereocenters. The van der Waals surface area contributed by atoms with Crippen molar-refractivity contribution in [3.05, 3.63) is 67.1 Å². The molecule has 8 nitrogen and oxygen atoms in total. The summed E-state index contributed by atoms with van der Waals surface area (Å²) in [5.41, 5.74) is 5.07. The molecule has 0 saturated heterocycles. The van der Waals surface area contributed by atoms with Gasteiger partial charge in [-0.05, 0) is 29.3 Å². The molecule has 30 heavy (non-hydrogen) atoms. The molecule has 0 spiro atoms. The van der Waals surface area contributed by atoms with Crippen molar-refractivity contribution in [2.75, 3.05) is 12.4 Å². The summed E-state index contributed by atoms with van der Waals surface area (Å²) in [4.78, 5) is 8.76. The molecule has 148 valence electrons. The van der Waals surface area contributed by atoms with Crippen molar-refractivity contribution in [3.63, 3.8) is 0 Å². The Morgan fingerprint density at radius 3 is 2.63 bits per heavy atom. The summed E-state index contributed by atoms with van der Waals surface area (Å²) in [6.45, 7) is 0. The third-order valence-corrected chi connectivity index (χ3v) is 4.88. The number of nitrogens with zero attached hydrogens (tertiary/aromatic N) is 5. The van der Waals surface area contributed by atoms with E-state index in [1.54, 1.807) is 11.8 Å². The van der Waals surface area contributed by atoms with Gasteiger partial charge >= 0.3 is 0 Å². The van der Waals surface area contributed by atoms with Crippen molar-refractivity contribution in [2.24, 2.45) is 7.05 Å². The van der Waals surface area contributed by atoms with Gasteiger partial charge in [-0.1, -0.05) is 36.4 Å². The standard InChI is InChI=1S/C22H19N7O/c1-29-11-10-16(28-29)20-19-21(23-13-24-22(19)27-26-20)25-17-12-15(8-9-18(17)30-2)14-6-4-3-5-7-14/h3-13H,1-2H3,(H2,23,24,25,26,27). The first-order valence-electron chi connectivity index (χ1n) is 9.42. The molecule has 0 atom stereocenters. The highest BCUT2D eigenvalue weighted by Gasteiger charge is 2.17. The first-order chi connectivity index (χ1) is 14.7. The summed E-state index contributed by atoms with van der Waals surface area (Å²) in [5.74, 6) is 1.34. The van der Waals surface area contributed by atoms with Crippen LogP contribution in [0.4, 0.5) is 11.5 Å². The van der Waals surface area contributed by atoms with Crippen LogP contribution in [0.5, 0.6) is 5.75 Å². The zero-order chi connectivity index (χ0) is 20.5. The molecule has 2 N–H and O–H groups in total. The van der Waals surface area contributed by atoms with Crippen LogP contribution in [-0.2, 0) is 7.05 Å². The molecule has 0 bridgehead atoms. The van der Waals surface area contributed by atoms with Crippen LogP contribution >= 0.6 is 0 Å². The number of aromatic amines is 1. The maximum atomic E-state index is 5.58. The number of aromatic nitrogens is 6. The lowest BCUT2D eigenvalue weighted by atomic mass is 10.0. The molecule has 8 heteroatoms. The van der Waals surface area contributed by atoms with E-state index in [1.807, 2.05) is 55.7 Å². The van der Waals surface area contributed by atoms with Crippen molar-refractivity contribution in [1.82, 2.24) is 29.9 Å². The molecular formula is C22H19N7O. The molecule has 3 aromatic heterocycles. The molecule has 0 aliphatic heterocycles. The van der Waals surface area contributed by atoms with E-state index in [1.165, 1.54) is 6.33 Å². The van der Waals surface area contributed by atoms with Gasteiger partial charge in [-0.3, -0.25) is 9.78 Å². The number of nitrogens with one attached hydrogen (secondary N) is 2. The van der Waals surface area contributed by atoms with E-state index in [9.17, 15) is 0 Å². The number of ether oxygens (including phenoxy) is 1. The summed E-state index contributed by atoms with van der Waals surface area (Å²) in [7, 11) is 3.52. The molecule has 2 aromatic carbocycles. The Kier molecular flexibility index (Phi) is 4.36. The predicted molar refractivity (Wildman–Crippen MR) is 116 cm³/mol. The van der Waals surface area contributed by atoms with Gasteiger partial charge in [0.1, 0.15) is 23.6 Å². The first kappa shape index (κ1) is 17.9. The van der Waals surface area contributed by atoms with E-state index in [-0.39, 0.29) is 0 Å². The molecular weight excluding hydrogens is 378 g/mol. The number of benzene rings is 2. The maximum absolute atomic E-state index is 5.58. The van der Waals surface area contributed by atoms with Crippen LogP contribution in [0, 0.1) is 0 Å². The zero-order valence-electron chi connectivity index (χ0n) is 16.5. The minimum Gasteiger partial charge on any atom is -0.495 e. The Bertz CT molecular complexity index is 1320. The lowest BCUT2D eigenvalue weighted by Gasteiger charge is -2.13. The van der Waals surface area contributed by atoms with Crippen LogP contribution in [0.1, 0.15) is 0 Å². The Labute approximate surface area is 172 Å². The molecule has 0 fully saturated rings. The first-order valence-corrected chi connectivity index (χ1v) is 9.42. The average molecular weight is 397 g/mol. The van der Waals surface area contributed by atoms with E-state index >= 15 is 0 Å². The van der Waals surface area contributed by atoms with Crippen LogP contribution in [0.2, 0.25) is 0 Å². The predicted octanol–water partition coefficient (Wildman–Crippen LogP) is 4.17. The fraction of sp³-hybridized carbons (Fsp3) is 0.0909. The Balaban J connectivity index is 1.61. The minimum atomic E-state index is 0.561. The van der Waals surface area contributed by atoms with E-state index < -0.39 is 0 Å². The number of anilines is 2. The molecule has 0 aliphatic rings. The molecule has 3 heterocycles. The van der Waals surface area contributed by atoms with Crippen LogP contribution < -0.4 is 10.1 Å². The SMILES string of the molecule is COc1ccc(-c2ccccc2)cc1Nc1ncnc2n[nH]c(-c3ccn(C)n3)c12. The van der Waals surface area contributed by atoms with E-state index in [2.05, 4.69) is 42.7 Å². The third kappa shape index (κ3) is 3.14. The van der Waals surface area contributed by atoms with Crippen LogP contribution in [0.3, 0.4) is 0 Å². The average Bonchev–Trinajstić information content (AvgIpc) is 3.41. The topological polar surface area (TPSA) is 93.5 Å². The van der Waals surface area contributed by atoms with Crippen molar-refractivity contribution in [1.29, 1.82) is 0 Å². The summed E-state index contributed by atoms with van der Waals surface area (Å²) in [6.07, 6.45) is 3.37. The molecule has 0 aliphatic carbocycles. The summed E-state index contributed by atoms with van der Waals surface area (Å²) < 4.78 is 7.32. The number of methoxy groups -OCH3 is 1. The van der Waals surface area contributed by atoms with Gasteiger partial charge in [0.15, 0.2) is 5.65 Å². The lowest BCUT2D eigenvalue weighted by molar-refractivity contribution is 0.417. The quantitative estimate of drug-likeness (QED) is 0.462. The largest absolute Gasteiger partial charge is 0.495 e. The lowest BCUT2D eigenvalue weighted by Crippen LogP contribution is -1.99. The van der Waals surface area contributed by atoms with E-state index in [4.69, 9.17) is 4.74 Å². The fourth-order valence-corrected chi connectivity index (χ4v) is 3.43. The highest BCUT2D eigenvalue weighted by Crippen LogP contribution is 2.35. The van der Waals surface area contributed by atoms with Crippen LogP contribution in [0.15, 0.2) is 67.1 Å². The van der Waals surface area contributed by atoms with Crippen LogP contribution in [0.25, 0.3) is 33.5 Å². The number of H-pyrrole nitrogens is 1. The maximum Gasteiger partial charge on any atom is 0.186 e. The van der Waals surface area contributed by atoms with Crippen LogP contribution in [-0.4, -0.2) is 37.1 Å². The van der Waals surface area contributed by atoms with Gasteiger partial charge in [-0.15, -0.1) is 0 Å². The second kappa shape index (κ2) is 7.32. The number of hydrogen-bond acceptors (Lipinski definition) is 6. The minimum absolute atomic E-state index is 0.561. The Morgan fingerprint density at radius 1 is 1.00 bits per heavy atom. The Morgan fingerprint density at radius 2 is 1.87 bits per heavy atom. The van der Waals surface area contributed by atoms with Crippen molar-refractivity contribution in [2.45, 2.75) is 0 Å². The van der Waals surface area contributed by atoms with Gasteiger partial charge in [-0.25, -0.2) is 9.97 Å². The van der Waals surface area contributed by atoms with E-state index in [0.717, 1.165) is 33.6 Å². The number of rotatable bonds is 5. The normalized spacial score (nSPS) is 11.0. The summed E-state index contributed by atoms with van der Waals surface area (Å²) in [5, 5.41) is 16.0. The van der Waals surface area contributed by atoms with Gasteiger partial charge in [0.25, 0.3) is 0 Å². The molecule has 0 saturated carbocycles.